The Morgan fingerprint density at radius 2 is 1.54 bits per heavy atom. The number of amides is 4. The molecule has 0 saturated carbocycles. The molecule has 2 aliphatic rings. The van der Waals surface area contributed by atoms with Crippen LogP contribution in [0.15, 0.2) is 102 Å². The lowest BCUT2D eigenvalue weighted by atomic mass is 9.85. The van der Waals surface area contributed by atoms with Crippen molar-refractivity contribution in [1.29, 1.82) is 5.26 Å². The van der Waals surface area contributed by atoms with Crippen molar-refractivity contribution in [3.05, 3.63) is 120 Å². The number of benzene rings is 4. The maximum Gasteiger partial charge on any atom is 0.417 e. The van der Waals surface area contributed by atoms with Crippen LogP contribution in [0.4, 0.5) is 24.5 Å². The fraction of sp³-hybridized carbons (Fsp3) is 0.389. The number of aromatic nitrogens is 1. The Kier molecular flexibility index (Phi) is 15.9. The Balaban J connectivity index is 0.839. The van der Waals surface area contributed by atoms with Gasteiger partial charge >= 0.3 is 6.18 Å². The van der Waals surface area contributed by atoms with E-state index < -0.39 is 52.2 Å². The average Bonchev–Trinajstić information content (AvgIpc) is 4.06. The van der Waals surface area contributed by atoms with E-state index in [0.29, 0.717) is 62.6 Å². The third-order valence-electron chi connectivity index (χ3n) is 12.9. The van der Waals surface area contributed by atoms with Gasteiger partial charge in [0.1, 0.15) is 30.0 Å². The summed E-state index contributed by atoms with van der Waals surface area (Å²) in [6.45, 7) is 13.6. The van der Waals surface area contributed by atoms with E-state index in [1.807, 2.05) is 95.3 Å². The summed E-state index contributed by atoms with van der Waals surface area (Å²) in [6, 6.07) is 25.3. The van der Waals surface area contributed by atoms with Crippen LogP contribution in [0.3, 0.4) is 0 Å². The zero-order chi connectivity index (χ0) is 52.1. The lowest BCUT2D eigenvalue weighted by Crippen LogP contribution is -2.58. The van der Waals surface area contributed by atoms with E-state index in [1.165, 1.54) is 12.5 Å². The first kappa shape index (κ1) is 52.7. The summed E-state index contributed by atoms with van der Waals surface area (Å²) in [4.78, 5) is 62.8. The highest BCUT2D eigenvalue weighted by Crippen LogP contribution is 2.40. The minimum atomic E-state index is -4.80. The van der Waals surface area contributed by atoms with Gasteiger partial charge in [-0.05, 0) is 130 Å². The number of halogens is 3. The largest absolute Gasteiger partial charge is 0.494 e. The Morgan fingerprint density at radius 3 is 2.15 bits per heavy atom. The molecule has 5 aromatic rings. The van der Waals surface area contributed by atoms with Crippen LogP contribution in [0.1, 0.15) is 95.7 Å². The number of ether oxygens (including phenoxy) is 2. The summed E-state index contributed by atoms with van der Waals surface area (Å²) >= 11 is 5.67. The van der Waals surface area contributed by atoms with Crippen molar-refractivity contribution in [1.82, 2.24) is 20.5 Å². The maximum atomic E-state index is 14.0. The predicted octanol–water partition coefficient (Wildman–Crippen LogP) is 9.70. The second-order valence-electron chi connectivity index (χ2n) is 19.5. The molecule has 4 amide bonds. The fourth-order valence-electron chi connectivity index (χ4n) is 8.88. The SMILES string of the molecule is Cc1ncoc1-c1ccc([C@H](C)NC(=O)[C@@H]2CCCN2C(=O)[C@@H](NC(=O)COCCCCOc2ccc(-c3ccc(N4C(=S)N(c5ccc(C#N)c(C(F)(F)F)c5)C(=O)C4(C)C)cc3)cc2)C(C)(C)C)cc1. The highest BCUT2D eigenvalue weighted by atomic mass is 32.1. The number of nitriles is 1. The van der Waals surface area contributed by atoms with Gasteiger partial charge in [-0.25, -0.2) is 4.98 Å². The molecule has 1 aromatic heterocycles. The Morgan fingerprint density at radius 1 is 0.917 bits per heavy atom. The molecule has 18 heteroatoms. The fourth-order valence-corrected chi connectivity index (χ4v) is 9.40. The van der Waals surface area contributed by atoms with Crippen LogP contribution in [0.5, 0.6) is 5.75 Å². The van der Waals surface area contributed by atoms with Gasteiger partial charge in [0.05, 0.1) is 41.2 Å². The molecule has 2 saturated heterocycles. The molecule has 2 N–H and O–H groups in total. The standard InChI is InChI=1S/C54H58F3N7O7S/c1-33(35-12-14-38(15-13-35)46-34(2)59-32-71-46)60-48(66)44-11-10-26-62(44)49(67)47(52(3,4)5)61-45(65)31-69-27-8-9-28-70-42-24-19-37(20-25-42)36-16-21-40(22-17-36)64-51(72)63(50(68)53(64,6)7)41-23-18-39(30-58)43(29-41)54(55,56)57/h12-25,29,32-33,44,47H,8-11,26-28,31H2,1-7H3,(H,60,66)(H,61,65)/t33-,44-,47+/m0/s1. The van der Waals surface area contributed by atoms with Gasteiger partial charge < -0.3 is 34.3 Å². The normalized spacial score (nSPS) is 16.6. The summed E-state index contributed by atoms with van der Waals surface area (Å²) in [5, 5.41) is 15.2. The number of hydrogen-bond donors (Lipinski definition) is 2. The number of hydrogen-bond acceptors (Lipinski definition) is 10. The number of carbonyl (C=O) groups excluding carboxylic acids is 4. The van der Waals surface area contributed by atoms with Crippen LogP contribution < -0.4 is 25.2 Å². The summed E-state index contributed by atoms with van der Waals surface area (Å²) in [5.41, 5.74) is 1.25. The minimum Gasteiger partial charge on any atom is -0.494 e. The molecule has 378 valence electrons. The van der Waals surface area contributed by atoms with Gasteiger partial charge in [0.2, 0.25) is 17.7 Å². The lowest BCUT2D eigenvalue weighted by molar-refractivity contribution is -0.144. The molecule has 0 unspecified atom stereocenters. The Bertz CT molecular complexity index is 2840. The zero-order valence-electron chi connectivity index (χ0n) is 41.3. The van der Waals surface area contributed by atoms with E-state index in [1.54, 1.807) is 41.8 Å². The van der Waals surface area contributed by atoms with Gasteiger partial charge in [0.25, 0.3) is 5.91 Å². The topological polar surface area (TPSA) is 170 Å². The summed E-state index contributed by atoms with van der Waals surface area (Å²) in [7, 11) is 0. The van der Waals surface area contributed by atoms with Crippen molar-refractivity contribution < 1.29 is 46.2 Å². The van der Waals surface area contributed by atoms with Gasteiger partial charge in [-0.2, -0.15) is 18.4 Å². The number of thiocarbonyl (C=S) groups is 1. The molecule has 72 heavy (non-hydrogen) atoms. The number of rotatable bonds is 17. The minimum absolute atomic E-state index is 0.00776. The molecule has 0 spiro atoms. The first-order valence-electron chi connectivity index (χ1n) is 23.7. The molecule has 3 heterocycles. The third kappa shape index (κ3) is 11.6. The summed E-state index contributed by atoms with van der Waals surface area (Å²) in [5.74, 6) is -0.152. The van der Waals surface area contributed by atoms with Crippen LogP contribution >= 0.6 is 12.2 Å². The van der Waals surface area contributed by atoms with Crippen LogP contribution in [0.2, 0.25) is 0 Å². The van der Waals surface area contributed by atoms with Crippen molar-refractivity contribution in [3.8, 4) is 34.3 Å². The number of unbranched alkanes of at least 4 members (excludes halogenated alkanes) is 1. The Labute approximate surface area is 422 Å². The van der Waals surface area contributed by atoms with Gasteiger partial charge in [-0.15, -0.1) is 0 Å². The first-order valence-corrected chi connectivity index (χ1v) is 24.1. The predicted molar refractivity (Wildman–Crippen MR) is 270 cm³/mol. The van der Waals surface area contributed by atoms with Gasteiger partial charge in [0, 0.05) is 24.4 Å². The van der Waals surface area contributed by atoms with Crippen LogP contribution in [0, 0.1) is 23.7 Å². The molecule has 0 aliphatic carbocycles. The van der Waals surface area contributed by atoms with E-state index in [-0.39, 0.29) is 35.3 Å². The molecule has 2 fully saturated rings. The first-order chi connectivity index (χ1) is 34.1. The molecule has 2 aliphatic heterocycles. The van der Waals surface area contributed by atoms with E-state index >= 15 is 0 Å². The maximum absolute atomic E-state index is 14.0. The quantitative estimate of drug-likeness (QED) is 0.0672. The molecule has 0 bridgehead atoms. The zero-order valence-corrected chi connectivity index (χ0v) is 42.1. The van der Waals surface area contributed by atoms with Crippen LogP contribution in [-0.2, 0) is 30.1 Å². The number of alkyl halides is 3. The number of likely N-dealkylation sites (tertiary alicyclic amines) is 1. The van der Waals surface area contributed by atoms with E-state index in [4.69, 9.17) is 26.1 Å². The monoisotopic (exact) mass is 1010 g/mol. The van der Waals surface area contributed by atoms with Crippen molar-refractivity contribution in [3.63, 3.8) is 0 Å². The molecule has 3 atom stereocenters. The molecule has 0 radical (unpaired) electrons. The summed E-state index contributed by atoms with van der Waals surface area (Å²) < 4.78 is 58.4. The van der Waals surface area contributed by atoms with Gasteiger partial charge in [-0.3, -0.25) is 24.1 Å². The number of aryl methyl sites for hydroxylation is 1. The van der Waals surface area contributed by atoms with E-state index in [0.717, 1.165) is 45.0 Å². The highest BCUT2D eigenvalue weighted by Gasteiger charge is 2.51. The van der Waals surface area contributed by atoms with Crippen molar-refractivity contribution >= 4 is 52.3 Å². The lowest BCUT2D eigenvalue weighted by Gasteiger charge is -2.35. The number of nitrogens with zero attached hydrogens (tertiary/aromatic N) is 5. The van der Waals surface area contributed by atoms with Crippen LogP contribution in [-0.4, -0.2) is 82.6 Å². The molecule has 14 nitrogen and oxygen atoms in total. The molecular weight excluding hydrogens is 948 g/mol. The molecule has 4 aromatic carbocycles. The molecule has 7 rings (SSSR count). The number of nitrogens with one attached hydrogen (secondary N) is 2. The van der Waals surface area contributed by atoms with Crippen LogP contribution in [0.25, 0.3) is 22.5 Å². The number of carbonyl (C=O) groups is 4. The number of anilines is 2. The third-order valence-corrected chi connectivity index (χ3v) is 13.3. The van der Waals surface area contributed by atoms with E-state index in [2.05, 4.69) is 15.6 Å². The Hall–Kier alpha value is -7.10. The van der Waals surface area contributed by atoms with E-state index in [9.17, 15) is 37.6 Å². The van der Waals surface area contributed by atoms with Crippen molar-refractivity contribution in [2.24, 2.45) is 5.41 Å². The van der Waals surface area contributed by atoms with Crippen molar-refractivity contribution in [2.75, 3.05) is 36.2 Å². The van der Waals surface area contributed by atoms with Gasteiger partial charge in [0.15, 0.2) is 17.3 Å². The average molecular weight is 1010 g/mol. The smallest absolute Gasteiger partial charge is 0.417 e. The molecular formula is C54H58F3N7O7S. The second kappa shape index (κ2) is 21.7. The van der Waals surface area contributed by atoms with Crippen molar-refractivity contribution in [2.45, 2.75) is 104 Å². The number of oxazole rings is 1. The summed E-state index contributed by atoms with van der Waals surface area (Å²) in [6.07, 6.45) is -0.940. The van der Waals surface area contributed by atoms with Gasteiger partial charge in [-0.1, -0.05) is 69.3 Å². The second-order valence-corrected chi connectivity index (χ2v) is 19.9. The highest BCUT2D eigenvalue weighted by molar-refractivity contribution is 7.81.